The van der Waals surface area contributed by atoms with Crippen LogP contribution in [-0.2, 0) is 4.79 Å². The second-order valence-corrected chi connectivity index (χ2v) is 6.07. The van der Waals surface area contributed by atoms with Gasteiger partial charge in [0.1, 0.15) is 5.75 Å². The van der Waals surface area contributed by atoms with E-state index in [9.17, 15) is 9.59 Å². The van der Waals surface area contributed by atoms with Crippen molar-refractivity contribution in [2.75, 3.05) is 23.9 Å². The number of nitrogens with zero attached hydrogens (tertiary/aromatic N) is 1. The van der Waals surface area contributed by atoms with Crippen molar-refractivity contribution in [3.8, 4) is 5.75 Å². The summed E-state index contributed by atoms with van der Waals surface area (Å²) in [5.41, 5.74) is 2.66. The summed E-state index contributed by atoms with van der Waals surface area (Å²) in [7, 11) is 1.59. The predicted molar refractivity (Wildman–Crippen MR) is 97.1 cm³/mol. The Labute approximate surface area is 146 Å². The summed E-state index contributed by atoms with van der Waals surface area (Å²) in [5, 5.41) is 5.62. The molecule has 0 radical (unpaired) electrons. The number of nitrogens with one attached hydrogen (secondary N) is 2. The number of methoxy groups -OCH3 is 1. The van der Waals surface area contributed by atoms with Crippen LogP contribution in [0.4, 0.5) is 16.2 Å². The molecule has 0 spiro atoms. The predicted octanol–water partition coefficient (Wildman–Crippen LogP) is 2.93. The van der Waals surface area contributed by atoms with Crippen molar-refractivity contribution in [1.29, 1.82) is 0 Å². The number of hydrogen-bond donors (Lipinski definition) is 2. The van der Waals surface area contributed by atoms with Crippen LogP contribution >= 0.6 is 0 Å². The lowest BCUT2D eigenvalue weighted by Crippen LogP contribution is -2.39. The molecule has 3 amide bonds. The number of rotatable bonds is 4. The van der Waals surface area contributed by atoms with Crippen molar-refractivity contribution in [2.24, 2.45) is 0 Å². The molecule has 1 unspecified atom stereocenters. The quantitative estimate of drug-likeness (QED) is 0.900. The van der Waals surface area contributed by atoms with Crippen LogP contribution < -0.4 is 20.3 Å². The smallest absolute Gasteiger partial charge is 0.319 e. The maximum absolute atomic E-state index is 12.2. The number of aryl methyl sites for hydroxylation is 1. The van der Waals surface area contributed by atoms with Crippen LogP contribution in [-0.4, -0.2) is 31.6 Å². The third kappa shape index (κ3) is 4.09. The molecule has 0 saturated carbocycles. The van der Waals surface area contributed by atoms with E-state index in [1.165, 1.54) is 0 Å². The fourth-order valence-electron chi connectivity index (χ4n) is 2.81. The molecule has 6 nitrogen and oxygen atoms in total. The summed E-state index contributed by atoms with van der Waals surface area (Å²) in [5.74, 6) is 0.736. The van der Waals surface area contributed by atoms with Gasteiger partial charge in [-0.1, -0.05) is 17.7 Å². The number of ether oxygens (including phenoxy) is 1. The lowest BCUT2D eigenvalue weighted by Gasteiger charge is -2.17. The average Bonchev–Trinajstić information content (AvgIpc) is 2.96. The molecule has 25 heavy (non-hydrogen) atoms. The molecule has 2 aromatic carbocycles. The molecule has 6 heteroatoms. The van der Waals surface area contributed by atoms with Crippen molar-refractivity contribution < 1.29 is 14.3 Å². The van der Waals surface area contributed by atoms with Gasteiger partial charge >= 0.3 is 6.03 Å². The van der Waals surface area contributed by atoms with Crippen LogP contribution in [0.2, 0.25) is 0 Å². The van der Waals surface area contributed by atoms with E-state index in [0.717, 1.165) is 17.0 Å². The van der Waals surface area contributed by atoms with Gasteiger partial charge in [0.2, 0.25) is 5.91 Å². The molecule has 130 valence electrons. The molecule has 2 N–H and O–H groups in total. The molecular weight excluding hydrogens is 318 g/mol. The zero-order valence-corrected chi connectivity index (χ0v) is 14.3. The summed E-state index contributed by atoms with van der Waals surface area (Å²) >= 11 is 0. The highest BCUT2D eigenvalue weighted by atomic mass is 16.5. The first-order valence-corrected chi connectivity index (χ1v) is 8.14. The highest BCUT2D eigenvalue weighted by molar-refractivity contribution is 5.97. The first kappa shape index (κ1) is 16.8. The number of anilines is 2. The minimum atomic E-state index is -0.325. The van der Waals surface area contributed by atoms with Gasteiger partial charge in [0.15, 0.2) is 0 Å². The van der Waals surface area contributed by atoms with Crippen molar-refractivity contribution in [2.45, 2.75) is 19.4 Å². The number of hydrogen-bond acceptors (Lipinski definition) is 3. The van der Waals surface area contributed by atoms with Gasteiger partial charge in [-0.05, 0) is 43.3 Å². The number of carbonyl (C=O) groups excluding carboxylic acids is 2. The van der Waals surface area contributed by atoms with E-state index in [4.69, 9.17) is 4.74 Å². The third-order valence-corrected chi connectivity index (χ3v) is 4.15. The zero-order valence-electron chi connectivity index (χ0n) is 14.3. The van der Waals surface area contributed by atoms with E-state index in [-0.39, 0.29) is 18.0 Å². The van der Waals surface area contributed by atoms with Crippen LogP contribution in [0, 0.1) is 6.92 Å². The van der Waals surface area contributed by atoms with Crippen molar-refractivity contribution >= 4 is 23.3 Å². The first-order chi connectivity index (χ1) is 12.0. The molecule has 1 aliphatic rings. The van der Waals surface area contributed by atoms with E-state index >= 15 is 0 Å². The lowest BCUT2D eigenvalue weighted by atomic mass is 10.2. The highest BCUT2D eigenvalue weighted by Crippen LogP contribution is 2.22. The lowest BCUT2D eigenvalue weighted by molar-refractivity contribution is -0.117. The Balaban J connectivity index is 1.57. The summed E-state index contributed by atoms with van der Waals surface area (Å²) in [4.78, 5) is 26.1. The van der Waals surface area contributed by atoms with Gasteiger partial charge in [-0.3, -0.25) is 4.79 Å². The SMILES string of the molecule is COc1ccc(NC(=O)NC2CC(=O)N(c3ccc(C)cc3)C2)cc1. The maximum atomic E-state index is 12.2. The molecule has 1 heterocycles. The molecule has 1 aliphatic heterocycles. The summed E-state index contributed by atoms with van der Waals surface area (Å²) in [6, 6.07) is 14.3. The van der Waals surface area contributed by atoms with Crippen molar-refractivity contribution in [3.05, 3.63) is 54.1 Å². The largest absolute Gasteiger partial charge is 0.497 e. The average molecular weight is 339 g/mol. The van der Waals surface area contributed by atoms with Gasteiger partial charge in [0, 0.05) is 24.3 Å². The van der Waals surface area contributed by atoms with E-state index in [1.807, 2.05) is 31.2 Å². The normalized spacial score (nSPS) is 16.6. The minimum absolute atomic E-state index is 0.0126. The van der Waals surface area contributed by atoms with Gasteiger partial charge < -0.3 is 20.3 Å². The molecule has 3 rings (SSSR count). The molecule has 0 aromatic heterocycles. The second-order valence-electron chi connectivity index (χ2n) is 6.07. The van der Waals surface area contributed by atoms with E-state index in [2.05, 4.69) is 10.6 Å². The van der Waals surface area contributed by atoms with Gasteiger partial charge in [0.25, 0.3) is 0 Å². The zero-order chi connectivity index (χ0) is 17.8. The Hall–Kier alpha value is -3.02. The standard InChI is InChI=1S/C19H21N3O3/c1-13-3-7-16(8-4-13)22-12-15(11-18(22)23)21-19(24)20-14-5-9-17(25-2)10-6-14/h3-10,15H,11-12H2,1-2H3,(H2,20,21,24). The molecule has 1 saturated heterocycles. The Morgan fingerprint density at radius 3 is 2.44 bits per heavy atom. The highest BCUT2D eigenvalue weighted by Gasteiger charge is 2.31. The summed E-state index contributed by atoms with van der Waals surface area (Å²) < 4.78 is 5.08. The molecule has 0 bridgehead atoms. The monoisotopic (exact) mass is 339 g/mol. The Bertz CT molecular complexity index is 756. The van der Waals surface area contributed by atoms with Crippen molar-refractivity contribution in [3.63, 3.8) is 0 Å². The Morgan fingerprint density at radius 2 is 1.80 bits per heavy atom. The summed E-state index contributed by atoms with van der Waals surface area (Å²) in [6.07, 6.45) is 0.296. The minimum Gasteiger partial charge on any atom is -0.497 e. The van der Waals surface area contributed by atoms with Crippen LogP contribution in [0.25, 0.3) is 0 Å². The molecule has 2 aromatic rings. The van der Waals surface area contributed by atoms with Crippen LogP contribution in [0.3, 0.4) is 0 Å². The van der Waals surface area contributed by atoms with Crippen LogP contribution in [0.1, 0.15) is 12.0 Å². The van der Waals surface area contributed by atoms with Gasteiger partial charge in [-0.2, -0.15) is 0 Å². The van der Waals surface area contributed by atoms with Gasteiger partial charge in [-0.15, -0.1) is 0 Å². The van der Waals surface area contributed by atoms with Crippen molar-refractivity contribution in [1.82, 2.24) is 5.32 Å². The van der Waals surface area contributed by atoms with E-state index in [1.54, 1.807) is 36.3 Å². The Kier molecular flexibility index (Phi) is 4.88. The molecule has 0 aliphatic carbocycles. The third-order valence-electron chi connectivity index (χ3n) is 4.15. The fraction of sp³-hybridized carbons (Fsp3) is 0.263. The van der Waals surface area contributed by atoms with E-state index < -0.39 is 0 Å². The second kappa shape index (κ2) is 7.25. The number of amides is 3. The van der Waals surface area contributed by atoms with Gasteiger partial charge in [0.05, 0.1) is 13.2 Å². The van der Waals surface area contributed by atoms with Gasteiger partial charge in [-0.25, -0.2) is 4.79 Å². The van der Waals surface area contributed by atoms with E-state index in [0.29, 0.717) is 18.7 Å². The molecule has 1 fully saturated rings. The number of benzene rings is 2. The fourth-order valence-corrected chi connectivity index (χ4v) is 2.81. The first-order valence-electron chi connectivity index (χ1n) is 8.14. The number of urea groups is 1. The topological polar surface area (TPSA) is 70.7 Å². The van der Waals surface area contributed by atoms with Crippen LogP contribution in [0.15, 0.2) is 48.5 Å². The van der Waals surface area contributed by atoms with Crippen LogP contribution in [0.5, 0.6) is 5.75 Å². The number of carbonyl (C=O) groups is 2. The molecule has 1 atom stereocenters. The maximum Gasteiger partial charge on any atom is 0.319 e. The molecular formula is C19H21N3O3. The Morgan fingerprint density at radius 1 is 1.12 bits per heavy atom. The summed E-state index contributed by atoms with van der Waals surface area (Å²) in [6.45, 7) is 2.47.